The van der Waals surface area contributed by atoms with Crippen LogP contribution in [0, 0.1) is 11.7 Å². The van der Waals surface area contributed by atoms with E-state index in [0.29, 0.717) is 11.5 Å². The van der Waals surface area contributed by atoms with Crippen LogP contribution in [0.1, 0.15) is 57.9 Å². The Morgan fingerprint density at radius 1 is 1.05 bits per heavy atom. The summed E-state index contributed by atoms with van der Waals surface area (Å²) in [5.41, 5.74) is 7.83. The van der Waals surface area contributed by atoms with E-state index in [1.165, 1.54) is 18.6 Å². The van der Waals surface area contributed by atoms with Crippen molar-refractivity contribution in [2.24, 2.45) is 5.92 Å². The van der Waals surface area contributed by atoms with Gasteiger partial charge < -0.3 is 10.3 Å². The number of rotatable bonds is 7. The molecule has 41 heavy (non-hydrogen) atoms. The molecule has 7 heteroatoms. The Morgan fingerprint density at radius 2 is 1.88 bits per heavy atom. The van der Waals surface area contributed by atoms with Gasteiger partial charge in [-0.25, -0.2) is 9.37 Å². The van der Waals surface area contributed by atoms with Crippen molar-refractivity contribution in [1.29, 1.82) is 0 Å². The van der Waals surface area contributed by atoms with Crippen LogP contribution in [0.2, 0.25) is 0 Å². The highest BCUT2D eigenvalue weighted by Gasteiger charge is 2.21. The van der Waals surface area contributed by atoms with Crippen LogP contribution >= 0.6 is 0 Å². The van der Waals surface area contributed by atoms with Gasteiger partial charge in [0, 0.05) is 22.6 Å². The van der Waals surface area contributed by atoms with E-state index in [-0.39, 0.29) is 17.6 Å². The summed E-state index contributed by atoms with van der Waals surface area (Å²) in [4.78, 5) is 21.2. The van der Waals surface area contributed by atoms with Crippen molar-refractivity contribution >= 4 is 33.4 Å². The monoisotopic (exact) mass is 547 g/mol. The Hall–Kier alpha value is -4.52. The van der Waals surface area contributed by atoms with Crippen molar-refractivity contribution in [2.75, 3.05) is 0 Å². The standard InChI is InChI=1S/C34H34FN5O/c1-3-21(19-26(4-2)36-34(41)22-10-6-5-7-11-22)23-16-17-29-28(20-23)32(40-39-29)33-37-30-15-9-14-27(31(30)38-33)24-12-8-13-25(35)18-24/h3,8-9,12-20,22H,4-7,10-11H2,1-2H3,(H,36,41)(H,37,38)(H,39,40)/b21-3+,26-19+. The number of carbonyl (C=O) groups excluding carboxylic acids is 1. The maximum atomic E-state index is 14.0. The zero-order valence-corrected chi connectivity index (χ0v) is 23.4. The number of aromatic amines is 2. The molecule has 1 saturated carbocycles. The second-order valence-corrected chi connectivity index (χ2v) is 10.7. The number of nitrogens with one attached hydrogen (secondary N) is 3. The molecule has 208 valence electrons. The highest BCUT2D eigenvalue weighted by atomic mass is 19.1. The number of aromatic nitrogens is 4. The third-order valence-corrected chi connectivity index (χ3v) is 8.05. The molecule has 5 aromatic rings. The number of hydrogen-bond donors (Lipinski definition) is 3. The van der Waals surface area contributed by atoms with E-state index < -0.39 is 0 Å². The first-order chi connectivity index (χ1) is 20.0. The molecule has 2 heterocycles. The molecule has 0 saturated heterocycles. The van der Waals surface area contributed by atoms with Gasteiger partial charge in [0.25, 0.3) is 0 Å². The SMILES string of the molecule is C/C=C(\C=C(/CC)NC(=O)C1CCCCC1)c1ccc2[nH]nc(-c3nc4c(-c5cccc(F)c5)cccc4[nH]3)c2c1. The lowest BCUT2D eigenvalue weighted by Crippen LogP contribution is -2.31. The summed E-state index contributed by atoms with van der Waals surface area (Å²) < 4.78 is 14.0. The topological polar surface area (TPSA) is 86.5 Å². The molecule has 1 aliphatic rings. The van der Waals surface area contributed by atoms with E-state index in [2.05, 4.69) is 51.7 Å². The summed E-state index contributed by atoms with van der Waals surface area (Å²) >= 11 is 0. The second kappa shape index (κ2) is 11.5. The molecule has 1 aliphatic carbocycles. The molecule has 6 nitrogen and oxygen atoms in total. The number of benzene rings is 3. The normalized spacial score (nSPS) is 15.1. The number of H-pyrrole nitrogens is 2. The molecule has 2 aromatic heterocycles. The molecule has 3 N–H and O–H groups in total. The van der Waals surface area contributed by atoms with Crippen molar-refractivity contribution in [2.45, 2.75) is 52.4 Å². The Labute approximate surface area is 238 Å². The molecule has 3 aromatic carbocycles. The number of halogens is 1. The van der Waals surface area contributed by atoms with Gasteiger partial charge in [-0.1, -0.05) is 62.6 Å². The quantitative estimate of drug-likeness (QED) is 0.179. The van der Waals surface area contributed by atoms with E-state index in [1.807, 2.05) is 37.3 Å². The smallest absolute Gasteiger partial charge is 0.227 e. The zero-order valence-electron chi connectivity index (χ0n) is 23.4. The van der Waals surface area contributed by atoms with Crippen molar-refractivity contribution in [3.05, 3.63) is 89.9 Å². The summed E-state index contributed by atoms with van der Waals surface area (Å²) in [5, 5.41) is 11.9. The predicted octanol–water partition coefficient (Wildman–Crippen LogP) is 8.31. The van der Waals surface area contributed by atoms with Crippen LogP contribution in [0.3, 0.4) is 0 Å². The lowest BCUT2D eigenvalue weighted by molar-refractivity contribution is -0.125. The van der Waals surface area contributed by atoms with Gasteiger partial charge in [-0.2, -0.15) is 5.10 Å². The summed E-state index contributed by atoms with van der Waals surface area (Å²) in [7, 11) is 0. The van der Waals surface area contributed by atoms with E-state index in [0.717, 1.165) is 82.0 Å². The number of para-hydroxylation sites is 1. The first-order valence-corrected chi connectivity index (χ1v) is 14.5. The van der Waals surface area contributed by atoms with Gasteiger partial charge >= 0.3 is 0 Å². The van der Waals surface area contributed by atoms with Crippen molar-refractivity contribution in [3.8, 4) is 22.6 Å². The van der Waals surface area contributed by atoms with E-state index in [1.54, 1.807) is 6.07 Å². The summed E-state index contributed by atoms with van der Waals surface area (Å²) in [6.45, 7) is 4.08. The van der Waals surface area contributed by atoms with E-state index >= 15 is 0 Å². The average molecular weight is 548 g/mol. The van der Waals surface area contributed by atoms with Gasteiger partial charge in [-0.3, -0.25) is 9.89 Å². The maximum Gasteiger partial charge on any atom is 0.227 e. The Morgan fingerprint density at radius 3 is 2.66 bits per heavy atom. The molecule has 6 rings (SSSR count). The molecule has 0 aliphatic heterocycles. The second-order valence-electron chi connectivity index (χ2n) is 10.7. The largest absolute Gasteiger partial charge is 0.337 e. The molecular formula is C34H34FN5O. The number of amides is 1. The number of carbonyl (C=O) groups is 1. The number of hydrogen-bond acceptors (Lipinski definition) is 3. The number of nitrogens with zero attached hydrogens (tertiary/aromatic N) is 2. The van der Waals surface area contributed by atoms with Crippen LogP contribution in [-0.4, -0.2) is 26.1 Å². The molecule has 0 atom stereocenters. The van der Waals surface area contributed by atoms with Crippen molar-refractivity contribution in [1.82, 2.24) is 25.5 Å². The highest BCUT2D eigenvalue weighted by molar-refractivity contribution is 5.98. The fourth-order valence-electron chi connectivity index (χ4n) is 5.78. The third-order valence-electron chi connectivity index (χ3n) is 8.05. The summed E-state index contributed by atoms with van der Waals surface area (Å²) in [6, 6.07) is 18.6. The molecule has 0 unspecified atom stereocenters. The molecule has 1 amide bonds. The average Bonchev–Trinajstić information content (AvgIpc) is 3.63. The first-order valence-electron chi connectivity index (χ1n) is 14.5. The lowest BCUT2D eigenvalue weighted by atomic mass is 9.88. The van der Waals surface area contributed by atoms with Crippen LogP contribution in [-0.2, 0) is 4.79 Å². The van der Waals surface area contributed by atoms with Gasteiger partial charge in [0.2, 0.25) is 5.91 Å². The Bertz CT molecular complexity index is 1790. The highest BCUT2D eigenvalue weighted by Crippen LogP contribution is 2.33. The lowest BCUT2D eigenvalue weighted by Gasteiger charge is -2.21. The van der Waals surface area contributed by atoms with Crippen LogP contribution in [0.4, 0.5) is 4.39 Å². The van der Waals surface area contributed by atoms with Crippen molar-refractivity contribution in [3.63, 3.8) is 0 Å². The predicted molar refractivity (Wildman–Crippen MR) is 163 cm³/mol. The molecule has 0 radical (unpaired) electrons. The number of fused-ring (bicyclic) bond motifs is 2. The van der Waals surface area contributed by atoms with E-state index in [9.17, 15) is 9.18 Å². The number of imidazole rings is 1. The van der Waals surface area contributed by atoms with Crippen LogP contribution in [0.5, 0.6) is 0 Å². The van der Waals surface area contributed by atoms with Crippen LogP contribution in [0.25, 0.3) is 50.2 Å². The van der Waals surface area contributed by atoms with Crippen LogP contribution < -0.4 is 5.32 Å². The fraction of sp³-hybridized carbons (Fsp3) is 0.265. The fourth-order valence-corrected chi connectivity index (χ4v) is 5.78. The van der Waals surface area contributed by atoms with Gasteiger partial charge in [0.05, 0.1) is 16.6 Å². The Balaban J connectivity index is 1.33. The molecule has 1 fully saturated rings. The van der Waals surface area contributed by atoms with E-state index in [4.69, 9.17) is 4.98 Å². The van der Waals surface area contributed by atoms with Crippen molar-refractivity contribution < 1.29 is 9.18 Å². The van der Waals surface area contributed by atoms with Gasteiger partial charge in [-0.15, -0.1) is 0 Å². The summed E-state index contributed by atoms with van der Waals surface area (Å²) in [6.07, 6.45) is 10.3. The number of allylic oxidation sites excluding steroid dienone is 4. The van der Waals surface area contributed by atoms with Gasteiger partial charge in [0.15, 0.2) is 5.82 Å². The molecule has 0 bridgehead atoms. The molecule has 0 spiro atoms. The maximum absolute atomic E-state index is 14.0. The van der Waals surface area contributed by atoms with Gasteiger partial charge in [0.1, 0.15) is 11.5 Å². The van der Waals surface area contributed by atoms with Crippen LogP contribution in [0.15, 0.2) is 78.5 Å². The summed E-state index contributed by atoms with van der Waals surface area (Å²) in [5.74, 6) is 0.611. The van der Waals surface area contributed by atoms with Gasteiger partial charge in [-0.05, 0) is 79.3 Å². The minimum absolute atomic E-state index is 0.114. The molecular weight excluding hydrogens is 513 g/mol. The Kier molecular flexibility index (Phi) is 7.51. The first kappa shape index (κ1) is 26.7. The third kappa shape index (κ3) is 5.44. The minimum Gasteiger partial charge on any atom is -0.337 e. The zero-order chi connectivity index (χ0) is 28.3. The minimum atomic E-state index is -0.283.